The molecular weight excluding hydrogens is 511 g/mol. The predicted octanol–water partition coefficient (Wildman–Crippen LogP) is 5.44. The average molecular weight is 531 g/mol. The molecule has 0 bridgehead atoms. The first-order valence-electron chi connectivity index (χ1n) is 10.4. The molecule has 0 atom stereocenters. The summed E-state index contributed by atoms with van der Waals surface area (Å²) in [4.78, 5) is 25.1. The second kappa shape index (κ2) is 11.0. The van der Waals surface area contributed by atoms with Crippen LogP contribution in [0, 0.1) is 5.82 Å². The molecule has 180 valence electrons. The van der Waals surface area contributed by atoms with Crippen LogP contribution in [0.25, 0.3) is 11.1 Å². The van der Waals surface area contributed by atoms with E-state index in [4.69, 9.17) is 16.3 Å². The van der Waals surface area contributed by atoms with E-state index in [1.54, 1.807) is 17.5 Å². The Hall–Kier alpha value is -3.21. The first kappa shape index (κ1) is 24.9. The van der Waals surface area contributed by atoms with Crippen LogP contribution in [-0.4, -0.2) is 39.5 Å². The highest BCUT2D eigenvalue weighted by Crippen LogP contribution is 2.36. The number of ether oxygens (including phenoxy) is 1. The van der Waals surface area contributed by atoms with Crippen LogP contribution in [0.1, 0.15) is 21.7 Å². The maximum absolute atomic E-state index is 13.3. The number of methoxy groups -OCH3 is 1. The lowest BCUT2D eigenvalue weighted by atomic mass is 10.0. The monoisotopic (exact) mass is 530 g/mol. The number of esters is 1. The summed E-state index contributed by atoms with van der Waals surface area (Å²) in [5.74, 6) is -0.458. The van der Waals surface area contributed by atoms with Crippen molar-refractivity contribution in [1.82, 2.24) is 14.8 Å². The van der Waals surface area contributed by atoms with Crippen molar-refractivity contribution in [2.45, 2.75) is 11.6 Å². The number of nitrogens with zero attached hydrogens (tertiary/aromatic N) is 3. The standard InChI is InChI=1S/C24H20ClFN4O3S2/c1-30-19(11-14-3-7-16(25)8-4-14)28-29-24(30)35-13-20(31)27-22-21(23(32)33-2)18(12-34-22)15-5-9-17(26)10-6-15/h3-10,12H,11,13H2,1-2H3,(H,27,31). The number of anilines is 1. The quantitative estimate of drug-likeness (QED) is 0.241. The number of aromatic nitrogens is 3. The van der Waals surface area contributed by atoms with E-state index >= 15 is 0 Å². The Kier molecular flexibility index (Phi) is 7.84. The molecule has 0 aliphatic carbocycles. The topological polar surface area (TPSA) is 86.1 Å². The van der Waals surface area contributed by atoms with E-state index in [9.17, 15) is 14.0 Å². The molecule has 1 amide bonds. The van der Waals surface area contributed by atoms with Gasteiger partial charge in [0.25, 0.3) is 0 Å². The molecule has 0 radical (unpaired) electrons. The summed E-state index contributed by atoms with van der Waals surface area (Å²) in [5.41, 5.74) is 2.48. The van der Waals surface area contributed by atoms with Gasteiger partial charge in [-0.25, -0.2) is 9.18 Å². The molecule has 4 rings (SSSR count). The highest BCUT2D eigenvalue weighted by Gasteiger charge is 2.23. The second-order valence-electron chi connectivity index (χ2n) is 7.45. The minimum atomic E-state index is -0.589. The van der Waals surface area contributed by atoms with E-state index in [1.165, 1.54) is 42.3 Å². The molecule has 35 heavy (non-hydrogen) atoms. The van der Waals surface area contributed by atoms with E-state index in [0.717, 1.165) is 11.4 Å². The number of nitrogens with one attached hydrogen (secondary N) is 1. The van der Waals surface area contributed by atoms with Crippen LogP contribution >= 0.6 is 34.7 Å². The highest BCUT2D eigenvalue weighted by molar-refractivity contribution is 7.99. The van der Waals surface area contributed by atoms with Gasteiger partial charge < -0.3 is 14.6 Å². The molecule has 0 spiro atoms. The SMILES string of the molecule is COC(=O)c1c(-c2ccc(F)cc2)csc1NC(=O)CSc1nnc(Cc2ccc(Cl)cc2)n1C. The second-order valence-corrected chi connectivity index (χ2v) is 9.71. The van der Waals surface area contributed by atoms with Crippen LogP contribution in [-0.2, 0) is 23.0 Å². The summed E-state index contributed by atoms with van der Waals surface area (Å²) in [6, 6.07) is 13.3. The van der Waals surface area contributed by atoms with Crippen LogP contribution in [0.15, 0.2) is 59.1 Å². The van der Waals surface area contributed by atoms with Crippen molar-refractivity contribution in [1.29, 1.82) is 0 Å². The average Bonchev–Trinajstić information content (AvgIpc) is 3.42. The van der Waals surface area contributed by atoms with Gasteiger partial charge >= 0.3 is 5.97 Å². The molecule has 7 nitrogen and oxygen atoms in total. The smallest absolute Gasteiger partial charge is 0.341 e. The molecule has 1 N–H and O–H groups in total. The molecule has 0 aliphatic rings. The molecular formula is C24H20ClFN4O3S2. The Morgan fingerprint density at radius 3 is 2.54 bits per heavy atom. The van der Waals surface area contributed by atoms with Gasteiger partial charge in [-0.3, -0.25) is 4.79 Å². The summed E-state index contributed by atoms with van der Waals surface area (Å²) in [6.07, 6.45) is 0.581. The first-order valence-corrected chi connectivity index (χ1v) is 12.6. The van der Waals surface area contributed by atoms with E-state index in [0.29, 0.717) is 32.7 Å². The molecule has 0 unspecified atom stereocenters. The third-order valence-corrected chi connectivity index (χ3v) is 7.29. The summed E-state index contributed by atoms with van der Waals surface area (Å²) >= 11 is 8.38. The van der Waals surface area contributed by atoms with Gasteiger partial charge in [-0.1, -0.05) is 47.6 Å². The van der Waals surface area contributed by atoms with Crippen molar-refractivity contribution in [2.75, 3.05) is 18.2 Å². The highest BCUT2D eigenvalue weighted by atomic mass is 35.5. The molecule has 2 aromatic carbocycles. The van der Waals surface area contributed by atoms with Crippen molar-refractivity contribution >= 4 is 51.6 Å². The van der Waals surface area contributed by atoms with E-state index < -0.39 is 5.97 Å². The maximum atomic E-state index is 13.3. The van der Waals surface area contributed by atoms with Crippen LogP contribution in [0.5, 0.6) is 0 Å². The van der Waals surface area contributed by atoms with E-state index in [1.807, 2.05) is 35.9 Å². The number of rotatable bonds is 8. The molecule has 0 saturated carbocycles. The Bertz CT molecular complexity index is 1350. The predicted molar refractivity (Wildman–Crippen MR) is 136 cm³/mol. The zero-order valence-electron chi connectivity index (χ0n) is 18.7. The number of halogens is 2. The lowest BCUT2D eigenvalue weighted by Crippen LogP contribution is -2.16. The third kappa shape index (κ3) is 5.90. The van der Waals surface area contributed by atoms with Crippen LogP contribution in [0.4, 0.5) is 9.39 Å². The zero-order chi connectivity index (χ0) is 24.9. The lowest BCUT2D eigenvalue weighted by Gasteiger charge is -2.08. The Morgan fingerprint density at radius 2 is 1.86 bits per heavy atom. The van der Waals surface area contributed by atoms with Gasteiger partial charge in [-0.05, 0) is 35.4 Å². The number of benzene rings is 2. The fraction of sp³-hybridized carbons (Fsp3) is 0.167. The van der Waals surface area contributed by atoms with Crippen molar-refractivity contribution < 1.29 is 18.7 Å². The van der Waals surface area contributed by atoms with Gasteiger partial charge in [0, 0.05) is 29.4 Å². The number of amides is 1. The molecule has 4 aromatic rings. The first-order chi connectivity index (χ1) is 16.9. The zero-order valence-corrected chi connectivity index (χ0v) is 21.1. The fourth-order valence-electron chi connectivity index (χ4n) is 3.30. The minimum absolute atomic E-state index is 0.0668. The van der Waals surface area contributed by atoms with Gasteiger partial charge in [0.15, 0.2) is 5.16 Å². The molecule has 11 heteroatoms. The van der Waals surface area contributed by atoms with Crippen LogP contribution < -0.4 is 5.32 Å². The Morgan fingerprint density at radius 1 is 1.14 bits per heavy atom. The maximum Gasteiger partial charge on any atom is 0.341 e. The van der Waals surface area contributed by atoms with Crippen LogP contribution in [0.2, 0.25) is 5.02 Å². The minimum Gasteiger partial charge on any atom is -0.465 e. The third-order valence-electron chi connectivity index (χ3n) is 5.12. The van der Waals surface area contributed by atoms with Gasteiger partial charge in [0.1, 0.15) is 22.2 Å². The summed E-state index contributed by atoms with van der Waals surface area (Å²) in [7, 11) is 3.11. The number of hydrogen-bond donors (Lipinski definition) is 1. The van der Waals surface area contributed by atoms with Crippen molar-refractivity contribution in [2.24, 2.45) is 7.05 Å². The number of hydrogen-bond acceptors (Lipinski definition) is 7. The van der Waals surface area contributed by atoms with Crippen LogP contribution in [0.3, 0.4) is 0 Å². The number of carbonyl (C=O) groups excluding carboxylic acids is 2. The van der Waals surface area contributed by atoms with Gasteiger partial charge in [-0.15, -0.1) is 21.5 Å². The van der Waals surface area contributed by atoms with E-state index in [-0.39, 0.29) is 23.0 Å². The normalized spacial score (nSPS) is 10.9. The van der Waals surface area contributed by atoms with Crippen molar-refractivity contribution in [3.8, 4) is 11.1 Å². The molecule has 0 saturated heterocycles. The molecule has 2 aromatic heterocycles. The molecule has 2 heterocycles. The Balaban J connectivity index is 1.43. The van der Waals surface area contributed by atoms with E-state index in [2.05, 4.69) is 15.5 Å². The summed E-state index contributed by atoms with van der Waals surface area (Å²) in [6.45, 7) is 0. The number of carbonyl (C=O) groups is 2. The summed E-state index contributed by atoms with van der Waals surface area (Å²) in [5, 5.41) is 14.6. The molecule has 0 fully saturated rings. The number of thioether (sulfide) groups is 1. The number of thiophene rings is 1. The van der Waals surface area contributed by atoms with Gasteiger partial charge in [0.05, 0.1) is 12.9 Å². The summed E-state index contributed by atoms with van der Waals surface area (Å²) < 4.78 is 20.1. The Labute approximate surface area is 214 Å². The fourth-order valence-corrected chi connectivity index (χ4v) is 5.13. The largest absolute Gasteiger partial charge is 0.465 e. The van der Waals surface area contributed by atoms with Gasteiger partial charge in [0.2, 0.25) is 5.91 Å². The molecule has 0 aliphatic heterocycles. The lowest BCUT2D eigenvalue weighted by molar-refractivity contribution is -0.113. The van der Waals surface area contributed by atoms with Crippen molar-refractivity contribution in [3.63, 3.8) is 0 Å². The van der Waals surface area contributed by atoms with Gasteiger partial charge in [-0.2, -0.15) is 0 Å². The van der Waals surface area contributed by atoms with Crippen molar-refractivity contribution in [3.05, 3.63) is 81.7 Å².